The molecule has 1 heterocycles. The fourth-order valence-electron chi connectivity index (χ4n) is 6.25. The van der Waals surface area contributed by atoms with Crippen LogP contribution in [-0.4, -0.2) is 96.0 Å². The van der Waals surface area contributed by atoms with Crippen LogP contribution in [0.4, 0.5) is 0 Å². The van der Waals surface area contributed by atoms with Gasteiger partial charge in [-0.15, -0.1) is 0 Å². The third-order valence-corrected chi connectivity index (χ3v) is 10.4. The molecule has 0 aromatic rings. The largest absolute Gasteiger partial charge is 0.462 e. The summed E-state index contributed by atoms with van der Waals surface area (Å²) in [5.41, 5.74) is 0. The molecular weight excluding hydrogens is 753 g/mol. The molecule has 0 spiro atoms. The van der Waals surface area contributed by atoms with Gasteiger partial charge in [0.25, 0.3) is 10.1 Å². The lowest BCUT2D eigenvalue weighted by Crippen LogP contribution is -2.60. The molecule has 0 aromatic carbocycles. The standard InChI is InChI=1S/C44H76O12S/c1-3-5-7-9-11-13-15-16-17-18-19-20-21-22-23-25-26-28-30-32-39(45)53-34-37(55-40(46)33-31-29-27-24-14-12-10-8-6-4-2)35-54-44-43(49)42(48)41(47)38(56-44)36-57(50,51)52/h11,13,16-17,19-20,22-23,37-38,41-44,47-49H,3-10,12,14-15,18,21,24-36H2,1-2H3,(H,50,51,52)/b13-11+,17-16+,20-19+,23-22+/t37-,38-,41-,42?,43?,44+/m1/s1. The summed E-state index contributed by atoms with van der Waals surface area (Å²) in [4.78, 5) is 25.3. The molecule has 1 fully saturated rings. The molecule has 0 aliphatic carbocycles. The quantitative estimate of drug-likeness (QED) is 0.0207. The molecule has 0 radical (unpaired) electrons. The average molecular weight is 829 g/mol. The van der Waals surface area contributed by atoms with Crippen LogP contribution in [0.2, 0.25) is 0 Å². The molecule has 0 bridgehead atoms. The van der Waals surface area contributed by atoms with E-state index >= 15 is 0 Å². The van der Waals surface area contributed by atoms with E-state index in [4.69, 9.17) is 18.9 Å². The van der Waals surface area contributed by atoms with Gasteiger partial charge in [0, 0.05) is 12.8 Å². The van der Waals surface area contributed by atoms with E-state index in [0.717, 1.165) is 57.8 Å². The minimum atomic E-state index is -4.60. The van der Waals surface area contributed by atoms with Gasteiger partial charge in [0.2, 0.25) is 0 Å². The van der Waals surface area contributed by atoms with Crippen molar-refractivity contribution in [2.45, 2.75) is 198 Å². The van der Waals surface area contributed by atoms with Gasteiger partial charge in [0.05, 0.1) is 6.61 Å². The number of aliphatic hydroxyl groups excluding tert-OH is 3. The van der Waals surface area contributed by atoms with Gasteiger partial charge < -0.3 is 34.3 Å². The van der Waals surface area contributed by atoms with Gasteiger partial charge in [-0.2, -0.15) is 8.42 Å². The van der Waals surface area contributed by atoms with Crippen LogP contribution < -0.4 is 0 Å². The molecule has 57 heavy (non-hydrogen) atoms. The first-order valence-electron chi connectivity index (χ1n) is 21.7. The number of hydrogen-bond donors (Lipinski definition) is 4. The molecule has 6 atom stereocenters. The third-order valence-electron chi connectivity index (χ3n) is 9.66. The molecule has 13 heteroatoms. The lowest BCUT2D eigenvalue weighted by Gasteiger charge is -2.40. The van der Waals surface area contributed by atoms with Crippen molar-refractivity contribution in [2.24, 2.45) is 0 Å². The predicted molar refractivity (Wildman–Crippen MR) is 224 cm³/mol. The third kappa shape index (κ3) is 29.5. The second-order valence-corrected chi connectivity index (χ2v) is 16.5. The molecule has 1 aliphatic heterocycles. The molecule has 1 saturated heterocycles. The number of hydrogen-bond acceptors (Lipinski definition) is 11. The van der Waals surface area contributed by atoms with Gasteiger partial charge in [-0.1, -0.05) is 140 Å². The Morgan fingerprint density at radius 2 is 1.05 bits per heavy atom. The second-order valence-electron chi connectivity index (χ2n) is 15.0. The lowest BCUT2D eigenvalue weighted by atomic mass is 10.00. The highest BCUT2D eigenvalue weighted by Gasteiger charge is 2.46. The van der Waals surface area contributed by atoms with Crippen molar-refractivity contribution in [2.75, 3.05) is 19.0 Å². The molecular formula is C44H76O12S. The molecule has 1 rings (SSSR count). The number of allylic oxidation sites excluding steroid dienone is 8. The molecule has 1 aliphatic rings. The van der Waals surface area contributed by atoms with Crippen molar-refractivity contribution in [3.8, 4) is 0 Å². The number of aliphatic hydroxyl groups is 3. The Morgan fingerprint density at radius 1 is 0.596 bits per heavy atom. The SMILES string of the molecule is CCCCC/C=C/C/C=C/C/C=C/C/C=C/CCCCCC(=O)OC[C@H](CO[C@H]1O[C@H](CS(=O)(=O)O)[C@@H](O)C(O)C1O)OC(=O)CCCCCCCCCCCC. The van der Waals surface area contributed by atoms with Gasteiger partial charge >= 0.3 is 11.9 Å². The number of rotatable bonds is 35. The van der Waals surface area contributed by atoms with E-state index in [1.54, 1.807) is 0 Å². The van der Waals surface area contributed by atoms with Crippen LogP contribution in [0.15, 0.2) is 48.6 Å². The van der Waals surface area contributed by atoms with Crippen molar-refractivity contribution in [3.05, 3.63) is 48.6 Å². The second kappa shape index (κ2) is 34.5. The average Bonchev–Trinajstić information content (AvgIpc) is 3.17. The topological polar surface area (TPSA) is 186 Å². The number of carbonyl (C=O) groups excluding carboxylic acids is 2. The molecule has 0 amide bonds. The van der Waals surface area contributed by atoms with E-state index in [0.29, 0.717) is 12.8 Å². The van der Waals surface area contributed by atoms with Crippen molar-refractivity contribution in [1.82, 2.24) is 0 Å². The Hall–Kier alpha value is -2.39. The maximum atomic E-state index is 12.7. The monoisotopic (exact) mass is 829 g/mol. The maximum Gasteiger partial charge on any atom is 0.306 e. The Morgan fingerprint density at radius 3 is 1.60 bits per heavy atom. The van der Waals surface area contributed by atoms with E-state index in [9.17, 15) is 37.9 Å². The number of ether oxygens (including phenoxy) is 4. The minimum absolute atomic E-state index is 0.157. The first-order valence-corrected chi connectivity index (χ1v) is 23.3. The van der Waals surface area contributed by atoms with Crippen LogP contribution in [0, 0.1) is 0 Å². The van der Waals surface area contributed by atoms with Crippen molar-refractivity contribution >= 4 is 22.1 Å². The van der Waals surface area contributed by atoms with Crippen LogP contribution in [0.5, 0.6) is 0 Å². The van der Waals surface area contributed by atoms with Crippen LogP contribution >= 0.6 is 0 Å². The van der Waals surface area contributed by atoms with E-state index in [2.05, 4.69) is 62.5 Å². The van der Waals surface area contributed by atoms with Gasteiger partial charge in [-0.3, -0.25) is 14.1 Å². The first kappa shape index (κ1) is 52.6. The molecule has 0 aromatic heterocycles. The Balaban J connectivity index is 2.46. The lowest BCUT2D eigenvalue weighted by molar-refractivity contribution is -0.297. The number of carbonyl (C=O) groups is 2. The Kier molecular flexibility index (Phi) is 31.8. The smallest absolute Gasteiger partial charge is 0.306 e. The fourth-order valence-corrected chi connectivity index (χ4v) is 6.94. The maximum absolute atomic E-state index is 12.7. The highest BCUT2D eigenvalue weighted by Crippen LogP contribution is 2.24. The van der Waals surface area contributed by atoms with E-state index in [1.807, 2.05) is 0 Å². The fraction of sp³-hybridized carbons (Fsp3) is 0.773. The van der Waals surface area contributed by atoms with E-state index < -0.39 is 71.2 Å². The predicted octanol–water partition coefficient (Wildman–Crippen LogP) is 8.39. The van der Waals surface area contributed by atoms with Gasteiger partial charge in [-0.05, 0) is 57.8 Å². The summed E-state index contributed by atoms with van der Waals surface area (Å²) in [6.07, 6.45) is 30.2. The first-order chi connectivity index (χ1) is 27.5. The summed E-state index contributed by atoms with van der Waals surface area (Å²) in [6.45, 7) is 3.67. The van der Waals surface area contributed by atoms with Crippen LogP contribution in [-0.2, 0) is 38.7 Å². The van der Waals surface area contributed by atoms with Gasteiger partial charge in [0.15, 0.2) is 12.4 Å². The summed E-state index contributed by atoms with van der Waals surface area (Å²) in [5, 5.41) is 30.8. The molecule has 4 N–H and O–H groups in total. The summed E-state index contributed by atoms with van der Waals surface area (Å²) >= 11 is 0. The van der Waals surface area contributed by atoms with Crippen molar-refractivity contribution < 1.29 is 56.8 Å². The highest BCUT2D eigenvalue weighted by atomic mass is 32.2. The zero-order chi connectivity index (χ0) is 42.0. The minimum Gasteiger partial charge on any atom is -0.462 e. The Bertz CT molecular complexity index is 1250. The van der Waals surface area contributed by atoms with Crippen LogP contribution in [0.3, 0.4) is 0 Å². The Labute approximate surface area is 343 Å². The van der Waals surface area contributed by atoms with E-state index in [-0.39, 0.29) is 19.4 Å². The zero-order valence-electron chi connectivity index (χ0n) is 34.9. The number of unbranched alkanes of at least 4 members (excludes halogenated alkanes) is 15. The molecule has 12 nitrogen and oxygen atoms in total. The van der Waals surface area contributed by atoms with Crippen molar-refractivity contribution in [3.63, 3.8) is 0 Å². The molecule has 0 saturated carbocycles. The normalized spacial score (nSPS) is 21.0. The van der Waals surface area contributed by atoms with Gasteiger partial charge in [0.1, 0.15) is 36.8 Å². The molecule has 2 unspecified atom stereocenters. The van der Waals surface area contributed by atoms with Crippen LogP contribution in [0.1, 0.15) is 162 Å². The van der Waals surface area contributed by atoms with Gasteiger partial charge in [-0.25, -0.2) is 0 Å². The summed E-state index contributed by atoms with van der Waals surface area (Å²) in [6, 6.07) is 0. The highest BCUT2D eigenvalue weighted by molar-refractivity contribution is 7.85. The van der Waals surface area contributed by atoms with Crippen LogP contribution in [0.25, 0.3) is 0 Å². The summed E-state index contributed by atoms with van der Waals surface area (Å²) in [7, 11) is -4.60. The van der Waals surface area contributed by atoms with Crippen molar-refractivity contribution in [1.29, 1.82) is 0 Å². The summed E-state index contributed by atoms with van der Waals surface area (Å²) < 4.78 is 53.9. The zero-order valence-corrected chi connectivity index (χ0v) is 35.7. The molecule has 330 valence electrons. The summed E-state index contributed by atoms with van der Waals surface area (Å²) in [5.74, 6) is -2.03. The van der Waals surface area contributed by atoms with E-state index in [1.165, 1.54) is 64.2 Å². The number of esters is 2.